The van der Waals surface area contributed by atoms with Gasteiger partial charge in [0, 0.05) is 18.8 Å². The molecule has 2 amide bonds. The largest absolute Gasteiger partial charge is 0.492 e. The molecule has 0 atom stereocenters. The van der Waals surface area contributed by atoms with Crippen LogP contribution in [0.4, 0.5) is 10.1 Å². The van der Waals surface area contributed by atoms with E-state index in [-0.39, 0.29) is 37.3 Å². The molecular formula is C24H28FN5O4. The van der Waals surface area contributed by atoms with Crippen molar-refractivity contribution >= 4 is 17.5 Å². The topological polar surface area (TPSA) is 98.6 Å². The van der Waals surface area contributed by atoms with Gasteiger partial charge in [-0.1, -0.05) is 17.7 Å². The highest BCUT2D eigenvalue weighted by Crippen LogP contribution is 2.15. The first-order valence-corrected chi connectivity index (χ1v) is 10.8. The number of anilines is 1. The summed E-state index contributed by atoms with van der Waals surface area (Å²) in [5.41, 5.74) is 2.18. The molecule has 0 unspecified atom stereocenters. The number of pyridine rings is 1. The van der Waals surface area contributed by atoms with E-state index in [0.717, 1.165) is 17.5 Å². The lowest BCUT2D eigenvalue weighted by Gasteiger charge is -2.17. The van der Waals surface area contributed by atoms with Gasteiger partial charge in [0.25, 0.3) is 0 Å². The van der Waals surface area contributed by atoms with Crippen LogP contribution in [-0.2, 0) is 16.1 Å². The van der Waals surface area contributed by atoms with E-state index in [9.17, 15) is 14.0 Å². The molecule has 0 saturated heterocycles. The Bertz CT molecular complexity index is 1120. The maximum atomic E-state index is 13.1. The maximum absolute atomic E-state index is 13.1. The molecule has 3 rings (SSSR count). The molecule has 180 valence electrons. The van der Waals surface area contributed by atoms with Crippen LogP contribution in [0.15, 0.2) is 48.9 Å². The third kappa shape index (κ3) is 7.58. The first-order chi connectivity index (χ1) is 16.3. The SMILES string of the molecule is Cc1ccc(OCCN(C)C(=O)Cn2cc(NC(=O)CCOc3ncc(F)cc3C)cn2)cc1. The molecule has 0 aliphatic heterocycles. The van der Waals surface area contributed by atoms with Crippen molar-refractivity contribution in [1.29, 1.82) is 0 Å². The molecule has 34 heavy (non-hydrogen) atoms. The van der Waals surface area contributed by atoms with E-state index in [0.29, 0.717) is 24.4 Å². The fourth-order valence-electron chi connectivity index (χ4n) is 2.98. The Morgan fingerprint density at radius 1 is 1.12 bits per heavy atom. The van der Waals surface area contributed by atoms with E-state index in [1.165, 1.54) is 16.9 Å². The van der Waals surface area contributed by atoms with Crippen LogP contribution >= 0.6 is 0 Å². The maximum Gasteiger partial charge on any atom is 0.244 e. The number of likely N-dealkylation sites (N-methyl/N-ethyl adjacent to an activating group) is 1. The lowest BCUT2D eigenvalue weighted by Crippen LogP contribution is -2.33. The average Bonchev–Trinajstić information content (AvgIpc) is 3.23. The molecule has 0 aliphatic carbocycles. The van der Waals surface area contributed by atoms with Crippen molar-refractivity contribution in [2.24, 2.45) is 0 Å². The van der Waals surface area contributed by atoms with E-state index in [4.69, 9.17) is 9.47 Å². The Balaban J connectivity index is 1.37. The molecule has 0 bridgehead atoms. The highest BCUT2D eigenvalue weighted by atomic mass is 19.1. The summed E-state index contributed by atoms with van der Waals surface area (Å²) in [6.07, 6.45) is 4.19. The molecule has 1 aromatic carbocycles. The zero-order valence-electron chi connectivity index (χ0n) is 19.5. The lowest BCUT2D eigenvalue weighted by atomic mass is 10.2. The van der Waals surface area contributed by atoms with Gasteiger partial charge in [0.1, 0.15) is 24.7 Å². The first kappa shape index (κ1) is 24.7. The molecule has 0 saturated carbocycles. The van der Waals surface area contributed by atoms with Crippen molar-refractivity contribution in [1.82, 2.24) is 19.7 Å². The number of nitrogens with one attached hydrogen (secondary N) is 1. The number of carbonyl (C=O) groups excluding carboxylic acids is 2. The molecule has 2 heterocycles. The Hall–Kier alpha value is -3.95. The fourth-order valence-corrected chi connectivity index (χ4v) is 2.98. The van der Waals surface area contributed by atoms with Gasteiger partial charge in [-0.25, -0.2) is 9.37 Å². The van der Waals surface area contributed by atoms with Crippen LogP contribution in [0.3, 0.4) is 0 Å². The predicted octanol–water partition coefficient (Wildman–Crippen LogP) is 2.98. The number of aryl methyl sites for hydroxylation is 2. The van der Waals surface area contributed by atoms with Gasteiger partial charge in [0.05, 0.1) is 37.7 Å². The number of halogens is 1. The zero-order valence-corrected chi connectivity index (χ0v) is 19.5. The number of nitrogens with zero attached hydrogens (tertiary/aromatic N) is 4. The second-order valence-corrected chi connectivity index (χ2v) is 7.83. The number of ether oxygens (including phenoxy) is 2. The predicted molar refractivity (Wildman–Crippen MR) is 124 cm³/mol. The monoisotopic (exact) mass is 469 g/mol. The fraction of sp³-hybridized carbons (Fsp3) is 0.333. The standard InChI is InChI=1S/C24H28FN5O4/c1-17-4-6-21(7-5-17)33-11-9-29(3)23(32)16-30-15-20(14-27-30)28-22(31)8-10-34-24-18(2)12-19(25)13-26-24/h4-7,12-15H,8-11,16H2,1-3H3,(H,28,31). The van der Waals surface area contributed by atoms with E-state index in [2.05, 4.69) is 15.4 Å². The van der Waals surface area contributed by atoms with Crippen molar-refractivity contribution in [2.75, 3.05) is 32.1 Å². The van der Waals surface area contributed by atoms with Gasteiger partial charge in [-0.05, 0) is 32.0 Å². The van der Waals surface area contributed by atoms with Crippen LogP contribution in [0.5, 0.6) is 11.6 Å². The summed E-state index contributed by atoms with van der Waals surface area (Å²) in [4.78, 5) is 30.0. The van der Waals surface area contributed by atoms with Crippen molar-refractivity contribution in [3.05, 3.63) is 65.9 Å². The molecule has 0 spiro atoms. The van der Waals surface area contributed by atoms with E-state index in [1.807, 2.05) is 31.2 Å². The first-order valence-electron chi connectivity index (χ1n) is 10.8. The van der Waals surface area contributed by atoms with E-state index in [1.54, 1.807) is 25.1 Å². The third-order valence-electron chi connectivity index (χ3n) is 4.92. The number of hydrogen-bond donors (Lipinski definition) is 1. The molecule has 2 aromatic heterocycles. The van der Waals surface area contributed by atoms with Gasteiger partial charge in [-0.3, -0.25) is 14.3 Å². The summed E-state index contributed by atoms with van der Waals surface area (Å²) in [6.45, 7) is 4.62. The lowest BCUT2D eigenvalue weighted by molar-refractivity contribution is -0.131. The van der Waals surface area contributed by atoms with Crippen molar-refractivity contribution in [3.8, 4) is 11.6 Å². The van der Waals surface area contributed by atoms with Gasteiger partial charge < -0.3 is 19.7 Å². The molecule has 10 heteroatoms. The highest BCUT2D eigenvalue weighted by Gasteiger charge is 2.12. The molecule has 1 N–H and O–H groups in total. The van der Waals surface area contributed by atoms with Crippen LogP contribution < -0.4 is 14.8 Å². The Labute approximate surface area is 197 Å². The quantitative estimate of drug-likeness (QED) is 0.464. The molecule has 9 nitrogen and oxygen atoms in total. The minimum Gasteiger partial charge on any atom is -0.492 e. The molecular weight excluding hydrogens is 441 g/mol. The summed E-state index contributed by atoms with van der Waals surface area (Å²) < 4.78 is 25.6. The minimum atomic E-state index is -0.445. The van der Waals surface area contributed by atoms with Crippen molar-refractivity contribution in [3.63, 3.8) is 0 Å². The second-order valence-electron chi connectivity index (χ2n) is 7.83. The number of aromatic nitrogens is 3. The van der Waals surface area contributed by atoms with Gasteiger partial charge >= 0.3 is 0 Å². The van der Waals surface area contributed by atoms with Crippen LogP contribution in [0.2, 0.25) is 0 Å². The number of rotatable bonds is 11. The highest BCUT2D eigenvalue weighted by molar-refractivity contribution is 5.90. The van der Waals surface area contributed by atoms with Crippen LogP contribution in [-0.4, -0.2) is 58.3 Å². The summed E-state index contributed by atoms with van der Waals surface area (Å²) in [7, 11) is 1.70. The van der Waals surface area contributed by atoms with Gasteiger partial charge in [-0.15, -0.1) is 0 Å². The van der Waals surface area contributed by atoms with Crippen LogP contribution in [0.1, 0.15) is 17.5 Å². The molecule has 0 aliphatic rings. The van der Waals surface area contributed by atoms with E-state index < -0.39 is 5.82 Å². The number of amides is 2. The van der Waals surface area contributed by atoms with Gasteiger partial charge in [-0.2, -0.15) is 5.10 Å². The zero-order chi connectivity index (χ0) is 24.5. The Kier molecular flexibility index (Phi) is 8.55. The number of carbonyl (C=O) groups is 2. The summed E-state index contributed by atoms with van der Waals surface area (Å²) >= 11 is 0. The summed E-state index contributed by atoms with van der Waals surface area (Å²) in [6, 6.07) is 9.03. The minimum absolute atomic E-state index is 0.0372. The molecule has 0 fully saturated rings. The van der Waals surface area contributed by atoms with Crippen LogP contribution in [0.25, 0.3) is 0 Å². The normalized spacial score (nSPS) is 10.6. The summed E-state index contributed by atoms with van der Waals surface area (Å²) in [5.74, 6) is 0.183. The van der Waals surface area contributed by atoms with Crippen LogP contribution in [0, 0.1) is 19.7 Å². The summed E-state index contributed by atoms with van der Waals surface area (Å²) in [5, 5.41) is 6.83. The van der Waals surface area contributed by atoms with Crippen molar-refractivity contribution < 1.29 is 23.5 Å². The number of benzene rings is 1. The van der Waals surface area contributed by atoms with Crippen molar-refractivity contribution in [2.45, 2.75) is 26.8 Å². The smallest absolute Gasteiger partial charge is 0.244 e. The number of hydrogen-bond acceptors (Lipinski definition) is 6. The Morgan fingerprint density at radius 3 is 2.62 bits per heavy atom. The average molecular weight is 470 g/mol. The Morgan fingerprint density at radius 2 is 1.88 bits per heavy atom. The molecule has 3 aromatic rings. The van der Waals surface area contributed by atoms with Gasteiger partial charge in [0.15, 0.2) is 0 Å². The third-order valence-corrected chi connectivity index (χ3v) is 4.92. The van der Waals surface area contributed by atoms with Gasteiger partial charge in [0.2, 0.25) is 17.7 Å². The second kappa shape index (κ2) is 11.8. The van der Waals surface area contributed by atoms with E-state index >= 15 is 0 Å². The molecule has 0 radical (unpaired) electrons.